The zero-order valence-corrected chi connectivity index (χ0v) is 13.4. The quantitative estimate of drug-likeness (QED) is 0.891. The Morgan fingerprint density at radius 2 is 2.14 bits per heavy atom. The molecule has 0 fully saturated rings. The van der Waals surface area contributed by atoms with E-state index in [1.807, 2.05) is 43.5 Å². The first-order chi connectivity index (χ1) is 10.1. The maximum absolute atomic E-state index is 11.6. The molecule has 1 aromatic carbocycles. The lowest BCUT2D eigenvalue weighted by Gasteiger charge is -2.07. The van der Waals surface area contributed by atoms with Crippen molar-refractivity contribution in [3.8, 4) is 16.3 Å². The number of carbonyl (C=O) groups is 1. The molecule has 1 aromatic heterocycles. The lowest BCUT2D eigenvalue weighted by atomic mass is 10.2. The Hall–Kier alpha value is -1.88. The topological polar surface area (TPSA) is 51.2 Å². The van der Waals surface area contributed by atoms with E-state index in [0.717, 1.165) is 22.0 Å². The molecule has 1 amide bonds. The first kappa shape index (κ1) is 15.5. The van der Waals surface area contributed by atoms with E-state index in [1.54, 1.807) is 18.4 Å². The molecular weight excluding hydrogens is 284 g/mol. The van der Waals surface area contributed by atoms with Crippen molar-refractivity contribution < 1.29 is 9.53 Å². The van der Waals surface area contributed by atoms with Crippen LogP contribution >= 0.6 is 11.3 Å². The van der Waals surface area contributed by atoms with Gasteiger partial charge in [0, 0.05) is 17.8 Å². The van der Waals surface area contributed by atoms with Crippen LogP contribution in [0.15, 0.2) is 29.6 Å². The lowest BCUT2D eigenvalue weighted by Crippen LogP contribution is -2.30. The van der Waals surface area contributed by atoms with Crippen LogP contribution in [-0.4, -0.2) is 24.0 Å². The molecule has 2 aromatic rings. The molecule has 1 N–H and O–H groups in total. The molecule has 0 saturated heterocycles. The number of hydrogen-bond acceptors (Lipinski definition) is 4. The van der Waals surface area contributed by atoms with Gasteiger partial charge >= 0.3 is 0 Å². The van der Waals surface area contributed by atoms with Crippen molar-refractivity contribution in [1.29, 1.82) is 0 Å². The number of rotatable bonds is 6. The second-order valence-electron chi connectivity index (χ2n) is 5.07. The van der Waals surface area contributed by atoms with E-state index in [0.29, 0.717) is 12.8 Å². The number of carbonyl (C=O) groups excluding carboxylic acids is 1. The Kier molecular flexibility index (Phi) is 5.33. The summed E-state index contributed by atoms with van der Waals surface area (Å²) in [7, 11) is 1.66. The average Bonchev–Trinajstić information content (AvgIpc) is 2.93. The van der Waals surface area contributed by atoms with Crippen molar-refractivity contribution in [3.63, 3.8) is 0 Å². The molecule has 0 aliphatic heterocycles. The minimum Gasteiger partial charge on any atom is -0.496 e. The number of para-hydroxylation sites is 1. The largest absolute Gasteiger partial charge is 0.496 e. The summed E-state index contributed by atoms with van der Waals surface area (Å²) in [6, 6.07) is 8.00. The van der Waals surface area contributed by atoms with E-state index >= 15 is 0 Å². The van der Waals surface area contributed by atoms with Crippen molar-refractivity contribution in [3.05, 3.63) is 35.3 Å². The third kappa shape index (κ3) is 4.29. The number of benzene rings is 1. The Morgan fingerprint density at radius 3 is 2.86 bits per heavy atom. The second kappa shape index (κ2) is 7.22. The highest BCUT2D eigenvalue weighted by Crippen LogP contribution is 2.31. The van der Waals surface area contributed by atoms with Crippen LogP contribution in [0.4, 0.5) is 0 Å². The van der Waals surface area contributed by atoms with Crippen LogP contribution in [0.3, 0.4) is 0 Å². The highest BCUT2D eigenvalue weighted by molar-refractivity contribution is 7.13. The van der Waals surface area contributed by atoms with Gasteiger partial charge in [-0.1, -0.05) is 12.1 Å². The molecule has 0 radical (unpaired) electrons. The standard InChI is InChI=1S/C16H20N2O2S/c1-11(2)17-15(19)9-8-12-10-21-16(18-12)13-6-4-5-7-14(13)20-3/h4-7,10-11H,8-9H2,1-3H3,(H,17,19). The molecule has 4 nitrogen and oxygen atoms in total. The van der Waals surface area contributed by atoms with Gasteiger partial charge in [-0.15, -0.1) is 11.3 Å². The van der Waals surface area contributed by atoms with Crippen LogP contribution in [0.1, 0.15) is 26.0 Å². The van der Waals surface area contributed by atoms with Crippen LogP contribution in [0.2, 0.25) is 0 Å². The van der Waals surface area contributed by atoms with Crippen LogP contribution in [0, 0.1) is 0 Å². The Morgan fingerprint density at radius 1 is 1.38 bits per heavy atom. The fourth-order valence-corrected chi connectivity index (χ4v) is 2.89. The van der Waals surface area contributed by atoms with Crippen molar-refractivity contribution in [2.24, 2.45) is 0 Å². The van der Waals surface area contributed by atoms with Gasteiger partial charge in [0.15, 0.2) is 0 Å². The van der Waals surface area contributed by atoms with Crippen LogP contribution in [-0.2, 0) is 11.2 Å². The van der Waals surface area contributed by atoms with E-state index in [4.69, 9.17) is 4.74 Å². The van der Waals surface area contributed by atoms with Crippen molar-refractivity contribution in [2.45, 2.75) is 32.7 Å². The van der Waals surface area contributed by atoms with Gasteiger partial charge in [0.1, 0.15) is 10.8 Å². The smallest absolute Gasteiger partial charge is 0.220 e. The monoisotopic (exact) mass is 304 g/mol. The number of nitrogens with one attached hydrogen (secondary N) is 1. The summed E-state index contributed by atoms with van der Waals surface area (Å²) < 4.78 is 5.35. The first-order valence-corrected chi connectivity index (χ1v) is 7.85. The van der Waals surface area contributed by atoms with Gasteiger partial charge in [0.05, 0.1) is 18.4 Å². The summed E-state index contributed by atoms with van der Waals surface area (Å²) in [5.41, 5.74) is 1.93. The number of hydrogen-bond donors (Lipinski definition) is 1. The van der Waals surface area contributed by atoms with Gasteiger partial charge in [-0.3, -0.25) is 4.79 Å². The van der Waals surface area contributed by atoms with E-state index in [9.17, 15) is 4.79 Å². The number of methoxy groups -OCH3 is 1. The van der Waals surface area contributed by atoms with Crippen LogP contribution < -0.4 is 10.1 Å². The molecular formula is C16H20N2O2S. The van der Waals surface area contributed by atoms with Crippen molar-refractivity contribution >= 4 is 17.2 Å². The van der Waals surface area contributed by atoms with Gasteiger partial charge in [0.2, 0.25) is 5.91 Å². The molecule has 0 unspecified atom stereocenters. The first-order valence-electron chi connectivity index (χ1n) is 6.97. The normalized spacial score (nSPS) is 10.7. The molecule has 0 saturated carbocycles. The number of aromatic nitrogens is 1. The van der Waals surface area contributed by atoms with Gasteiger partial charge in [-0.05, 0) is 32.4 Å². The number of thiazole rings is 1. The molecule has 0 bridgehead atoms. The minimum absolute atomic E-state index is 0.0665. The summed E-state index contributed by atoms with van der Waals surface area (Å²) in [5, 5.41) is 5.81. The molecule has 0 aliphatic rings. The minimum atomic E-state index is 0.0665. The fraction of sp³-hybridized carbons (Fsp3) is 0.375. The lowest BCUT2D eigenvalue weighted by molar-refractivity contribution is -0.121. The molecule has 0 aliphatic carbocycles. The van der Waals surface area contributed by atoms with E-state index in [1.165, 1.54) is 0 Å². The van der Waals surface area contributed by atoms with E-state index < -0.39 is 0 Å². The summed E-state index contributed by atoms with van der Waals surface area (Å²) in [6.45, 7) is 3.92. The molecule has 0 atom stereocenters. The third-order valence-electron chi connectivity index (χ3n) is 2.95. The zero-order chi connectivity index (χ0) is 15.2. The highest BCUT2D eigenvalue weighted by atomic mass is 32.1. The molecule has 1 heterocycles. The van der Waals surface area contributed by atoms with Gasteiger partial charge in [0.25, 0.3) is 0 Å². The number of amides is 1. The molecule has 0 spiro atoms. The molecule has 21 heavy (non-hydrogen) atoms. The predicted octanol–water partition coefficient (Wildman–Crippen LogP) is 3.28. The number of aryl methyl sites for hydroxylation is 1. The zero-order valence-electron chi connectivity index (χ0n) is 12.6. The second-order valence-corrected chi connectivity index (χ2v) is 5.92. The maximum Gasteiger partial charge on any atom is 0.220 e. The van der Waals surface area contributed by atoms with Gasteiger partial charge in [-0.2, -0.15) is 0 Å². The molecule has 112 valence electrons. The maximum atomic E-state index is 11.6. The summed E-state index contributed by atoms with van der Waals surface area (Å²) >= 11 is 1.57. The Bertz CT molecular complexity index is 608. The summed E-state index contributed by atoms with van der Waals surface area (Å²) in [5.74, 6) is 0.882. The predicted molar refractivity (Wildman–Crippen MR) is 85.7 cm³/mol. The number of nitrogens with zero attached hydrogens (tertiary/aromatic N) is 1. The van der Waals surface area contributed by atoms with Crippen LogP contribution in [0.25, 0.3) is 10.6 Å². The Labute approximate surface area is 129 Å². The van der Waals surface area contributed by atoms with Gasteiger partial charge < -0.3 is 10.1 Å². The SMILES string of the molecule is COc1ccccc1-c1nc(CCC(=O)NC(C)C)cs1. The van der Waals surface area contributed by atoms with Crippen molar-refractivity contribution in [2.75, 3.05) is 7.11 Å². The van der Waals surface area contributed by atoms with Crippen molar-refractivity contribution in [1.82, 2.24) is 10.3 Å². The highest BCUT2D eigenvalue weighted by Gasteiger charge is 2.11. The molecule has 5 heteroatoms. The number of ether oxygens (including phenoxy) is 1. The third-order valence-corrected chi connectivity index (χ3v) is 3.87. The molecule has 2 rings (SSSR count). The fourth-order valence-electron chi connectivity index (χ4n) is 2.00. The Balaban J connectivity index is 2.03. The van der Waals surface area contributed by atoms with E-state index in [2.05, 4.69) is 10.3 Å². The van der Waals surface area contributed by atoms with Gasteiger partial charge in [-0.25, -0.2) is 4.98 Å². The van der Waals surface area contributed by atoms with E-state index in [-0.39, 0.29) is 11.9 Å². The summed E-state index contributed by atoms with van der Waals surface area (Å²) in [6.07, 6.45) is 1.12. The summed E-state index contributed by atoms with van der Waals surface area (Å²) in [4.78, 5) is 16.2. The van der Waals surface area contributed by atoms with Crippen LogP contribution in [0.5, 0.6) is 5.75 Å². The average molecular weight is 304 g/mol.